The average molecular weight is 364 g/mol. The smallest absolute Gasteiger partial charge is 0.254 e. The van der Waals surface area contributed by atoms with Crippen LogP contribution in [0.5, 0.6) is 11.5 Å². The molecule has 8 heteroatoms. The first-order valence-corrected chi connectivity index (χ1v) is 8.63. The second kappa shape index (κ2) is 7.92. The van der Waals surface area contributed by atoms with Gasteiger partial charge in [-0.05, 0) is 30.5 Å². The van der Waals surface area contributed by atoms with Crippen molar-refractivity contribution >= 4 is 11.8 Å². The van der Waals surface area contributed by atoms with Gasteiger partial charge in [0.1, 0.15) is 6.61 Å². The molecule has 3 rings (SSSR count). The second-order valence-corrected chi connectivity index (χ2v) is 6.45. The molecule has 0 unspecified atom stereocenters. The summed E-state index contributed by atoms with van der Waals surface area (Å²) >= 11 is 0. The molecule has 1 aromatic rings. The van der Waals surface area contributed by atoms with Crippen molar-refractivity contribution in [1.29, 1.82) is 0 Å². The van der Waals surface area contributed by atoms with Gasteiger partial charge in [-0.1, -0.05) is 6.07 Å². The van der Waals surface area contributed by atoms with Crippen LogP contribution in [-0.2, 0) is 14.3 Å². The summed E-state index contributed by atoms with van der Waals surface area (Å²) in [5, 5.41) is 12.5. The molecule has 2 N–H and O–H groups in total. The predicted molar refractivity (Wildman–Crippen MR) is 92.0 cm³/mol. The molecule has 0 saturated carbocycles. The Bertz CT molecular complexity index is 672. The molecule has 8 nitrogen and oxygen atoms in total. The normalized spacial score (nSPS) is 24.1. The van der Waals surface area contributed by atoms with Crippen LogP contribution in [0.4, 0.5) is 0 Å². The van der Waals surface area contributed by atoms with E-state index in [1.807, 2.05) is 0 Å². The number of aliphatic hydroxyl groups is 1. The fourth-order valence-electron chi connectivity index (χ4n) is 3.34. The van der Waals surface area contributed by atoms with E-state index in [0.29, 0.717) is 43.0 Å². The first-order chi connectivity index (χ1) is 12.5. The Labute approximate surface area is 152 Å². The number of methoxy groups -OCH3 is 2. The zero-order valence-corrected chi connectivity index (χ0v) is 14.9. The topological polar surface area (TPSA) is 97.3 Å². The van der Waals surface area contributed by atoms with Gasteiger partial charge >= 0.3 is 0 Å². The monoisotopic (exact) mass is 364 g/mol. The van der Waals surface area contributed by atoms with Crippen LogP contribution in [-0.4, -0.2) is 67.9 Å². The van der Waals surface area contributed by atoms with Crippen molar-refractivity contribution in [1.82, 2.24) is 10.2 Å². The number of benzene rings is 1. The molecule has 2 atom stereocenters. The maximum atomic E-state index is 12.9. The highest BCUT2D eigenvalue weighted by molar-refractivity contribution is 5.86. The quantitative estimate of drug-likeness (QED) is 0.795. The number of carbonyl (C=O) groups is 2. The summed E-state index contributed by atoms with van der Waals surface area (Å²) in [7, 11) is 3.07. The van der Waals surface area contributed by atoms with E-state index in [1.165, 1.54) is 7.11 Å². The summed E-state index contributed by atoms with van der Waals surface area (Å²) in [6.07, 6.45) is -0.0914. The van der Waals surface area contributed by atoms with Crippen molar-refractivity contribution in [2.45, 2.75) is 31.1 Å². The van der Waals surface area contributed by atoms with Gasteiger partial charge in [0.2, 0.25) is 5.91 Å². The van der Waals surface area contributed by atoms with E-state index in [9.17, 15) is 14.7 Å². The van der Waals surface area contributed by atoms with Crippen LogP contribution in [0.2, 0.25) is 0 Å². The predicted octanol–water partition coefficient (Wildman–Crippen LogP) is 0.243. The van der Waals surface area contributed by atoms with Crippen LogP contribution in [0.25, 0.3) is 0 Å². The molecular weight excluding hydrogens is 340 g/mol. The number of carbonyl (C=O) groups excluding carboxylic acids is 2. The van der Waals surface area contributed by atoms with E-state index in [0.717, 1.165) is 0 Å². The van der Waals surface area contributed by atoms with Gasteiger partial charge in [-0.2, -0.15) is 0 Å². The molecule has 2 aliphatic rings. The van der Waals surface area contributed by atoms with Crippen molar-refractivity contribution in [3.05, 3.63) is 23.8 Å². The minimum absolute atomic E-state index is 0.156. The molecule has 2 fully saturated rings. The Balaban J connectivity index is 1.84. The van der Waals surface area contributed by atoms with Crippen LogP contribution >= 0.6 is 0 Å². The highest BCUT2D eigenvalue weighted by Gasteiger charge is 2.39. The average Bonchev–Trinajstić information content (AvgIpc) is 2.67. The molecule has 2 aliphatic heterocycles. The summed E-state index contributed by atoms with van der Waals surface area (Å²) in [5.41, 5.74) is 0.700. The number of piperidine rings is 1. The van der Waals surface area contributed by atoms with E-state index in [-0.39, 0.29) is 24.5 Å². The molecule has 0 aromatic heterocycles. The Kier molecular flexibility index (Phi) is 5.63. The number of hydrogen-bond acceptors (Lipinski definition) is 6. The molecule has 2 amide bonds. The largest absolute Gasteiger partial charge is 0.493 e. The first-order valence-electron chi connectivity index (χ1n) is 8.63. The van der Waals surface area contributed by atoms with Gasteiger partial charge in [0.25, 0.3) is 5.91 Å². The number of nitrogens with zero attached hydrogens (tertiary/aromatic N) is 1. The van der Waals surface area contributed by atoms with E-state index in [4.69, 9.17) is 14.2 Å². The Morgan fingerprint density at radius 2 is 1.92 bits per heavy atom. The Hall–Kier alpha value is -2.32. The molecule has 2 saturated heterocycles. The third kappa shape index (κ3) is 3.76. The van der Waals surface area contributed by atoms with Gasteiger partial charge in [-0.3, -0.25) is 9.59 Å². The lowest BCUT2D eigenvalue weighted by Crippen LogP contribution is -2.54. The number of hydrogen-bond donors (Lipinski definition) is 2. The zero-order chi connectivity index (χ0) is 18.7. The van der Waals surface area contributed by atoms with Gasteiger partial charge in [0, 0.05) is 13.1 Å². The summed E-state index contributed by atoms with van der Waals surface area (Å²) in [4.78, 5) is 26.5. The third-order valence-electron chi connectivity index (χ3n) is 4.80. The number of amides is 2. The maximum absolute atomic E-state index is 12.9. The summed E-state index contributed by atoms with van der Waals surface area (Å²) in [6.45, 7) is 0.801. The third-order valence-corrected chi connectivity index (χ3v) is 4.80. The summed E-state index contributed by atoms with van der Waals surface area (Å²) < 4.78 is 16.1. The van der Waals surface area contributed by atoms with Gasteiger partial charge in [-0.15, -0.1) is 0 Å². The Morgan fingerprint density at radius 3 is 2.58 bits per heavy atom. The molecule has 2 heterocycles. The Morgan fingerprint density at radius 1 is 1.23 bits per heavy atom. The zero-order valence-electron chi connectivity index (χ0n) is 14.9. The van der Waals surface area contributed by atoms with Gasteiger partial charge in [0.15, 0.2) is 17.6 Å². The number of nitrogens with one attached hydrogen (secondary N) is 1. The van der Waals surface area contributed by atoms with Crippen molar-refractivity contribution in [3.8, 4) is 11.5 Å². The molecule has 0 radical (unpaired) electrons. The molecule has 26 heavy (non-hydrogen) atoms. The minimum Gasteiger partial charge on any atom is -0.493 e. The van der Waals surface area contributed by atoms with E-state index >= 15 is 0 Å². The van der Waals surface area contributed by atoms with Crippen LogP contribution < -0.4 is 14.8 Å². The van der Waals surface area contributed by atoms with Crippen LogP contribution in [0.15, 0.2) is 18.2 Å². The molecule has 0 bridgehead atoms. The maximum Gasteiger partial charge on any atom is 0.254 e. The molecule has 142 valence electrons. The number of morpholine rings is 1. The van der Waals surface area contributed by atoms with Crippen LogP contribution in [0.3, 0.4) is 0 Å². The first kappa shape index (κ1) is 18.5. The fourth-order valence-corrected chi connectivity index (χ4v) is 3.34. The minimum atomic E-state index is -0.818. The lowest BCUT2D eigenvalue weighted by Gasteiger charge is -2.37. The van der Waals surface area contributed by atoms with E-state index in [2.05, 4.69) is 5.32 Å². The van der Waals surface area contributed by atoms with E-state index < -0.39 is 12.1 Å². The second-order valence-electron chi connectivity index (χ2n) is 6.45. The van der Waals surface area contributed by atoms with Crippen molar-refractivity contribution in [3.63, 3.8) is 0 Å². The molecule has 1 aromatic carbocycles. The summed E-state index contributed by atoms with van der Waals surface area (Å²) in [5.74, 6) is 0.615. The van der Waals surface area contributed by atoms with Crippen molar-refractivity contribution in [2.24, 2.45) is 0 Å². The number of likely N-dealkylation sites (tertiary alicyclic amines) is 1. The van der Waals surface area contributed by atoms with Crippen LogP contribution in [0, 0.1) is 0 Å². The fraction of sp³-hybridized carbons (Fsp3) is 0.556. The molecule has 0 aliphatic carbocycles. The van der Waals surface area contributed by atoms with Gasteiger partial charge < -0.3 is 29.5 Å². The standard InChI is InChI=1S/C18H24N2O6/c1-24-13-4-3-11(9-14(13)25-2)16-17(26-10-15(22)19-16)18(23)20-7-5-12(21)6-8-20/h3-4,9,12,16-17,21H,5-8,10H2,1-2H3,(H,19,22)/t16-,17+/m1/s1. The lowest BCUT2D eigenvalue weighted by atomic mass is 9.97. The SMILES string of the molecule is COc1ccc([C@H]2NC(=O)CO[C@@H]2C(=O)N2CCC(O)CC2)cc1OC. The van der Waals surface area contributed by atoms with Crippen molar-refractivity contribution < 1.29 is 28.9 Å². The molecule has 0 spiro atoms. The molecular formula is C18H24N2O6. The number of rotatable bonds is 4. The van der Waals surface area contributed by atoms with Gasteiger partial charge in [0.05, 0.1) is 26.4 Å². The van der Waals surface area contributed by atoms with Crippen molar-refractivity contribution in [2.75, 3.05) is 33.9 Å². The van der Waals surface area contributed by atoms with Crippen LogP contribution in [0.1, 0.15) is 24.4 Å². The number of aliphatic hydroxyl groups excluding tert-OH is 1. The van der Waals surface area contributed by atoms with E-state index in [1.54, 1.807) is 30.2 Å². The summed E-state index contributed by atoms with van der Waals surface area (Å²) in [6, 6.07) is 4.63. The van der Waals surface area contributed by atoms with Gasteiger partial charge in [-0.25, -0.2) is 0 Å². The highest BCUT2D eigenvalue weighted by atomic mass is 16.5. The number of ether oxygens (including phenoxy) is 3. The lowest BCUT2D eigenvalue weighted by molar-refractivity contribution is -0.156. The highest BCUT2D eigenvalue weighted by Crippen LogP contribution is 2.33.